The molecule has 2 aromatic heterocycles. The van der Waals surface area contributed by atoms with Crippen LogP contribution < -0.4 is 10.6 Å². The topological polar surface area (TPSA) is 97.6 Å². The van der Waals surface area contributed by atoms with Gasteiger partial charge in [-0.3, -0.25) is 14.4 Å². The van der Waals surface area contributed by atoms with Crippen LogP contribution in [0, 0.1) is 6.92 Å². The first-order valence-corrected chi connectivity index (χ1v) is 10.2. The van der Waals surface area contributed by atoms with Gasteiger partial charge in [0.15, 0.2) is 5.76 Å². The first-order chi connectivity index (χ1) is 14.4. The van der Waals surface area contributed by atoms with Crippen molar-refractivity contribution in [2.45, 2.75) is 19.4 Å². The number of carbonyl (C=O) groups excluding carboxylic acids is 3. The van der Waals surface area contributed by atoms with E-state index in [1.165, 1.54) is 13.4 Å². The number of furan rings is 1. The molecule has 0 aliphatic rings. The molecule has 0 bridgehead atoms. The number of nitrogens with one attached hydrogen (secondary N) is 2. The lowest BCUT2D eigenvalue weighted by Crippen LogP contribution is -2.30. The highest BCUT2D eigenvalue weighted by Crippen LogP contribution is 2.30. The number of ether oxygens (including phenoxy) is 1. The highest BCUT2D eigenvalue weighted by Gasteiger charge is 2.24. The Bertz CT molecular complexity index is 1060. The molecular formula is C21H19ClN2O5S. The Labute approximate surface area is 182 Å². The minimum atomic E-state index is -0.665. The highest BCUT2D eigenvalue weighted by molar-refractivity contribution is 7.18. The third-order valence-electron chi connectivity index (χ3n) is 4.29. The molecule has 0 aliphatic heterocycles. The molecule has 2 heterocycles. The normalized spacial score (nSPS) is 11.6. The summed E-state index contributed by atoms with van der Waals surface area (Å²) in [6.07, 6.45) is 1.34. The van der Waals surface area contributed by atoms with Gasteiger partial charge in [-0.15, -0.1) is 11.3 Å². The van der Waals surface area contributed by atoms with Crippen LogP contribution in [0.5, 0.6) is 0 Å². The van der Waals surface area contributed by atoms with Gasteiger partial charge in [0.1, 0.15) is 0 Å². The van der Waals surface area contributed by atoms with E-state index >= 15 is 0 Å². The standard InChI is InChI=1S/C21H19ClN2O5S/c1-12-10-17(24-20(26)16-8-5-9-29-16)30-19(12)21(27)23-15(11-18(25)28-2)13-6-3-4-7-14(13)22/h3-10,15H,11H2,1-2H3,(H,23,27)(H,24,26). The van der Waals surface area contributed by atoms with Crippen LogP contribution in [-0.4, -0.2) is 24.9 Å². The number of amides is 2. The Balaban J connectivity index is 1.78. The van der Waals surface area contributed by atoms with E-state index in [4.69, 9.17) is 20.8 Å². The van der Waals surface area contributed by atoms with Crippen molar-refractivity contribution in [2.24, 2.45) is 0 Å². The summed E-state index contributed by atoms with van der Waals surface area (Å²) in [4.78, 5) is 37.4. The number of hydrogen-bond donors (Lipinski definition) is 2. The smallest absolute Gasteiger partial charge is 0.307 e. The zero-order valence-corrected chi connectivity index (χ0v) is 17.8. The summed E-state index contributed by atoms with van der Waals surface area (Å²) in [5.74, 6) is -1.10. The maximum absolute atomic E-state index is 12.9. The summed E-state index contributed by atoms with van der Waals surface area (Å²) in [6.45, 7) is 1.76. The maximum atomic E-state index is 12.9. The first-order valence-electron chi connectivity index (χ1n) is 8.96. The van der Waals surface area contributed by atoms with Crippen LogP contribution in [0.25, 0.3) is 0 Å². The van der Waals surface area contributed by atoms with Gasteiger partial charge in [-0.1, -0.05) is 29.8 Å². The zero-order chi connectivity index (χ0) is 21.7. The molecule has 3 aromatic rings. The number of halogens is 1. The van der Waals surface area contributed by atoms with Crippen LogP contribution in [0.2, 0.25) is 5.02 Å². The van der Waals surface area contributed by atoms with Gasteiger partial charge in [0.05, 0.1) is 35.7 Å². The Morgan fingerprint density at radius 1 is 1.17 bits per heavy atom. The van der Waals surface area contributed by atoms with Crippen molar-refractivity contribution in [3.05, 3.63) is 75.5 Å². The molecule has 1 aromatic carbocycles. The quantitative estimate of drug-likeness (QED) is 0.517. The fraction of sp³-hybridized carbons (Fsp3) is 0.190. The SMILES string of the molecule is COC(=O)CC(NC(=O)c1sc(NC(=O)c2ccco2)cc1C)c1ccccc1Cl. The van der Waals surface area contributed by atoms with E-state index in [0.29, 0.717) is 26.0 Å². The monoisotopic (exact) mass is 446 g/mol. The second-order valence-electron chi connectivity index (χ2n) is 6.38. The molecule has 156 valence electrons. The van der Waals surface area contributed by atoms with Crippen molar-refractivity contribution in [3.8, 4) is 0 Å². The molecule has 2 amide bonds. The van der Waals surface area contributed by atoms with E-state index in [1.807, 2.05) is 0 Å². The Morgan fingerprint density at radius 2 is 1.93 bits per heavy atom. The van der Waals surface area contributed by atoms with E-state index in [9.17, 15) is 14.4 Å². The van der Waals surface area contributed by atoms with E-state index in [0.717, 1.165) is 11.3 Å². The molecule has 0 saturated carbocycles. The number of rotatable bonds is 7. The van der Waals surface area contributed by atoms with Gasteiger partial charge in [0.25, 0.3) is 11.8 Å². The highest BCUT2D eigenvalue weighted by atomic mass is 35.5. The molecule has 0 saturated heterocycles. The van der Waals surface area contributed by atoms with Crippen LogP contribution >= 0.6 is 22.9 Å². The lowest BCUT2D eigenvalue weighted by molar-refractivity contribution is -0.141. The predicted octanol–water partition coefficient (Wildman–Crippen LogP) is 4.59. The lowest BCUT2D eigenvalue weighted by Gasteiger charge is -2.19. The number of benzene rings is 1. The molecule has 3 rings (SSSR count). The molecule has 0 aliphatic carbocycles. The second kappa shape index (κ2) is 9.60. The number of esters is 1. The minimum Gasteiger partial charge on any atom is -0.469 e. The molecule has 7 nitrogen and oxygen atoms in total. The average Bonchev–Trinajstić information content (AvgIpc) is 3.37. The number of hydrogen-bond acceptors (Lipinski definition) is 6. The number of thiophene rings is 1. The third-order valence-corrected chi connectivity index (χ3v) is 5.79. The summed E-state index contributed by atoms with van der Waals surface area (Å²) < 4.78 is 9.82. The van der Waals surface area contributed by atoms with E-state index in [1.54, 1.807) is 49.4 Å². The number of anilines is 1. The molecular weight excluding hydrogens is 428 g/mol. The van der Waals surface area contributed by atoms with Crippen LogP contribution in [0.3, 0.4) is 0 Å². The summed E-state index contributed by atoms with van der Waals surface area (Å²) >= 11 is 7.38. The van der Waals surface area contributed by atoms with Gasteiger partial charge in [0, 0.05) is 5.02 Å². The molecule has 1 atom stereocenters. The molecule has 0 spiro atoms. The molecule has 2 N–H and O–H groups in total. The van der Waals surface area contributed by atoms with Crippen molar-refractivity contribution in [3.63, 3.8) is 0 Å². The Kier molecular flexibility index (Phi) is 6.91. The summed E-state index contributed by atoms with van der Waals surface area (Å²) in [5.41, 5.74) is 1.29. The van der Waals surface area contributed by atoms with E-state index in [-0.39, 0.29) is 18.1 Å². The largest absolute Gasteiger partial charge is 0.469 e. The summed E-state index contributed by atoms with van der Waals surface area (Å²) in [5, 5.41) is 6.48. The Morgan fingerprint density at radius 3 is 2.60 bits per heavy atom. The summed E-state index contributed by atoms with van der Waals surface area (Å²) in [6, 6.07) is 11.2. The molecule has 0 radical (unpaired) electrons. The fourth-order valence-corrected chi connectivity index (χ4v) is 4.06. The molecule has 9 heteroatoms. The number of aryl methyl sites for hydroxylation is 1. The summed E-state index contributed by atoms with van der Waals surface area (Å²) in [7, 11) is 1.28. The van der Waals surface area contributed by atoms with Gasteiger partial charge in [-0.2, -0.15) is 0 Å². The zero-order valence-electron chi connectivity index (χ0n) is 16.2. The minimum absolute atomic E-state index is 0.0709. The van der Waals surface area contributed by atoms with Crippen molar-refractivity contribution in [2.75, 3.05) is 12.4 Å². The third kappa shape index (κ3) is 5.08. The van der Waals surface area contributed by atoms with Gasteiger partial charge in [-0.25, -0.2) is 0 Å². The van der Waals surface area contributed by atoms with Crippen molar-refractivity contribution < 1.29 is 23.5 Å². The Hall–Kier alpha value is -3.10. The lowest BCUT2D eigenvalue weighted by atomic mass is 10.0. The van der Waals surface area contributed by atoms with Crippen LogP contribution in [0.1, 0.15) is 43.8 Å². The van der Waals surface area contributed by atoms with Gasteiger partial charge in [-0.05, 0) is 42.3 Å². The van der Waals surface area contributed by atoms with Crippen LogP contribution in [0.4, 0.5) is 5.00 Å². The van der Waals surface area contributed by atoms with Crippen molar-refractivity contribution >= 4 is 45.7 Å². The number of methoxy groups -OCH3 is 1. The van der Waals surface area contributed by atoms with Gasteiger partial charge >= 0.3 is 5.97 Å². The molecule has 30 heavy (non-hydrogen) atoms. The first kappa shape index (κ1) is 21.6. The predicted molar refractivity (Wildman–Crippen MR) is 114 cm³/mol. The average molecular weight is 447 g/mol. The van der Waals surface area contributed by atoms with E-state index in [2.05, 4.69) is 10.6 Å². The maximum Gasteiger partial charge on any atom is 0.307 e. The van der Waals surface area contributed by atoms with Gasteiger partial charge < -0.3 is 19.8 Å². The second-order valence-corrected chi connectivity index (χ2v) is 7.84. The number of carbonyl (C=O) groups is 3. The van der Waals surface area contributed by atoms with E-state index < -0.39 is 17.9 Å². The van der Waals surface area contributed by atoms with Crippen molar-refractivity contribution in [1.82, 2.24) is 5.32 Å². The van der Waals surface area contributed by atoms with Crippen molar-refractivity contribution in [1.29, 1.82) is 0 Å². The van der Waals surface area contributed by atoms with Gasteiger partial charge in [0.2, 0.25) is 0 Å². The van der Waals surface area contributed by atoms with Crippen LogP contribution in [-0.2, 0) is 9.53 Å². The fourth-order valence-electron chi connectivity index (χ4n) is 2.82. The van der Waals surface area contributed by atoms with Crippen LogP contribution in [0.15, 0.2) is 53.1 Å². The molecule has 0 fully saturated rings. The molecule has 1 unspecified atom stereocenters.